The first kappa shape index (κ1) is 17.8. The third-order valence-electron chi connectivity index (χ3n) is 4.79. The first-order valence-corrected chi connectivity index (χ1v) is 9.65. The van der Waals surface area contributed by atoms with Crippen LogP contribution in [0.1, 0.15) is 16.8 Å². The van der Waals surface area contributed by atoms with Gasteiger partial charge in [-0.3, -0.25) is 9.69 Å². The molecule has 7 heteroatoms. The van der Waals surface area contributed by atoms with Crippen molar-refractivity contribution >= 4 is 11.3 Å². The molecular weight excluding hydrogens is 362 g/mol. The van der Waals surface area contributed by atoms with Crippen LogP contribution in [-0.2, 0) is 19.5 Å². The molecule has 0 saturated carbocycles. The summed E-state index contributed by atoms with van der Waals surface area (Å²) in [5, 5.41) is 1.98. The normalized spacial score (nSPS) is 14.0. The number of benzene rings is 1. The zero-order valence-electron chi connectivity index (χ0n) is 15.3. The first-order valence-electron chi connectivity index (χ1n) is 8.77. The Kier molecular flexibility index (Phi) is 4.96. The molecule has 0 spiro atoms. The van der Waals surface area contributed by atoms with Gasteiger partial charge in [-0.25, -0.2) is 4.98 Å². The average Bonchev–Trinajstić information content (AvgIpc) is 3.22. The van der Waals surface area contributed by atoms with E-state index in [0.717, 1.165) is 39.7 Å². The van der Waals surface area contributed by atoms with Gasteiger partial charge in [0, 0.05) is 30.8 Å². The number of H-pyrrole nitrogens is 1. The maximum Gasteiger partial charge on any atom is 0.254 e. The number of rotatable bonds is 5. The molecule has 0 fully saturated rings. The molecule has 0 bridgehead atoms. The Bertz CT molecular complexity index is 998. The topological polar surface area (TPSA) is 67.5 Å². The maximum absolute atomic E-state index is 12.5. The molecule has 1 aliphatic heterocycles. The Morgan fingerprint density at radius 1 is 1.26 bits per heavy atom. The summed E-state index contributed by atoms with van der Waals surface area (Å²) < 4.78 is 10.8. The highest BCUT2D eigenvalue weighted by molar-refractivity contribution is 7.13. The van der Waals surface area contributed by atoms with Crippen molar-refractivity contribution in [1.29, 1.82) is 0 Å². The molecule has 3 heterocycles. The summed E-state index contributed by atoms with van der Waals surface area (Å²) in [5.41, 5.74) is 2.69. The molecule has 140 valence electrons. The second-order valence-corrected chi connectivity index (χ2v) is 7.40. The van der Waals surface area contributed by atoms with E-state index in [1.54, 1.807) is 25.6 Å². The van der Waals surface area contributed by atoms with Gasteiger partial charge in [-0.2, -0.15) is 0 Å². The number of methoxy groups -OCH3 is 2. The van der Waals surface area contributed by atoms with Crippen LogP contribution in [-0.4, -0.2) is 35.6 Å². The van der Waals surface area contributed by atoms with Gasteiger partial charge in [0.25, 0.3) is 5.56 Å². The van der Waals surface area contributed by atoms with Gasteiger partial charge in [0.15, 0.2) is 5.82 Å². The Morgan fingerprint density at radius 2 is 2.15 bits per heavy atom. The minimum atomic E-state index is -0.0259. The third kappa shape index (κ3) is 3.61. The molecule has 2 aromatic heterocycles. The summed E-state index contributed by atoms with van der Waals surface area (Å²) in [5.74, 6) is 2.28. The monoisotopic (exact) mass is 383 g/mol. The van der Waals surface area contributed by atoms with Crippen molar-refractivity contribution in [3.8, 4) is 22.2 Å². The minimum Gasteiger partial charge on any atom is -0.497 e. The highest BCUT2D eigenvalue weighted by Crippen LogP contribution is 2.27. The van der Waals surface area contributed by atoms with Gasteiger partial charge < -0.3 is 14.5 Å². The molecule has 0 saturated heterocycles. The average molecular weight is 383 g/mol. The Balaban J connectivity index is 1.61. The first-order chi connectivity index (χ1) is 13.2. The molecule has 0 amide bonds. The van der Waals surface area contributed by atoms with Crippen LogP contribution in [0.2, 0.25) is 0 Å². The lowest BCUT2D eigenvalue weighted by molar-refractivity contribution is 0.236. The summed E-state index contributed by atoms with van der Waals surface area (Å²) >= 11 is 1.57. The number of fused-ring (bicyclic) bond motifs is 1. The SMILES string of the molecule is COc1ccc(OC)c(CN2CCc3c(nc(-c4cccs4)[nH]c3=O)C2)c1. The van der Waals surface area contributed by atoms with E-state index in [9.17, 15) is 4.79 Å². The fourth-order valence-corrected chi connectivity index (χ4v) is 4.07. The third-order valence-corrected chi connectivity index (χ3v) is 5.67. The highest BCUT2D eigenvalue weighted by Gasteiger charge is 2.22. The molecule has 1 N–H and O–H groups in total. The van der Waals surface area contributed by atoms with Crippen molar-refractivity contribution in [1.82, 2.24) is 14.9 Å². The molecule has 0 radical (unpaired) electrons. The van der Waals surface area contributed by atoms with Crippen molar-refractivity contribution in [3.05, 3.63) is 62.9 Å². The van der Waals surface area contributed by atoms with Crippen molar-refractivity contribution in [2.24, 2.45) is 0 Å². The van der Waals surface area contributed by atoms with Crippen LogP contribution >= 0.6 is 11.3 Å². The molecule has 1 aromatic carbocycles. The van der Waals surface area contributed by atoms with E-state index in [4.69, 9.17) is 14.5 Å². The quantitative estimate of drug-likeness (QED) is 0.733. The van der Waals surface area contributed by atoms with Crippen LogP contribution < -0.4 is 15.0 Å². The van der Waals surface area contributed by atoms with Crippen LogP contribution in [0.25, 0.3) is 10.7 Å². The predicted octanol–water partition coefficient (Wildman–Crippen LogP) is 3.07. The van der Waals surface area contributed by atoms with Gasteiger partial charge in [0.05, 0.1) is 24.8 Å². The van der Waals surface area contributed by atoms with E-state index in [1.807, 2.05) is 35.7 Å². The van der Waals surface area contributed by atoms with Crippen LogP contribution in [0.5, 0.6) is 11.5 Å². The van der Waals surface area contributed by atoms with E-state index in [-0.39, 0.29) is 5.56 Å². The van der Waals surface area contributed by atoms with Crippen LogP contribution in [0.15, 0.2) is 40.5 Å². The predicted molar refractivity (Wildman–Crippen MR) is 106 cm³/mol. The number of aromatic amines is 1. The Hall–Kier alpha value is -2.64. The van der Waals surface area contributed by atoms with Gasteiger partial charge in [0.2, 0.25) is 0 Å². The van der Waals surface area contributed by atoms with Gasteiger partial charge in [-0.05, 0) is 36.1 Å². The number of ether oxygens (including phenoxy) is 2. The van der Waals surface area contributed by atoms with Gasteiger partial charge in [-0.15, -0.1) is 11.3 Å². The number of hydrogen-bond donors (Lipinski definition) is 1. The summed E-state index contributed by atoms with van der Waals surface area (Å²) in [4.78, 5) is 23.4. The van der Waals surface area contributed by atoms with E-state index in [0.29, 0.717) is 25.3 Å². The fourth-order valence-electron chi connectivity index (χ4n) is 3.41. The zero-order valence-corrected chi connectivity index (χ0v) is 16.1. The molecule has 0 unspecified atom stereocenters. The summed E-state index contributed by atoms with van der Waals surface area (Å²) in [7, 11) is 3.33. The molecule has 6 nitrogen and oxygen atoms in total. The van der Waals surface area contributed by atoms with Crippen LogP contribution in [0.4, 0.5) is 0 Å². The van der Waals surface area contributed by atoms with Gasteiger partial charge in [-0.1, -0.05) is 6.07 Å². The second kappa shape index (κ2) is 7.54. The molecule has 0 atom stereocenters. The summed E-state index contributed by atoms with van der Waals surface area (Å²) in [6.45, 7) is 2.15. The number of nitrogens with one attached hydrogen (secondary N) is 1. The molecule has 27 heavy (non-hydrogen) atoms. The van der Waals surface area contributed by atoms with Crippen molar-refractivity contribution in [3.63, 3.8) is 0 Å². The van der Waals surface area contributed by atoms with Crippen molar-refractivity contribution < 1.29 is 9.47 Å². The van der Waals surface area contributed by atoms with Crippen molar-refractivity contribution in [2.75, 3.05) is 20.8 Å². The van der Waals surface area contributed by atoms with E-state index < -0.39 is 0 Å². The molecule has 0 aliphatic carbocycles. The summed E-state index contributed by atoms with van der Waals surface area (Å²) in [6.07, 6.45) is 0.689. The van der Waals surface area contributed by atoms with E-state index in [1.165, 1.54) is 0 Å². The minimum absolute atomic E-state index is 0.0259. The molecule has 3 aromatic rings. The lowest BCUT2D eigenvalue weighted by atomic mass is 10.0. The smallest absolute Gasteiger partial charge is 0.254 e. The Morgan fingerprint density at radius 3 is 2.89 bits per heavy atom. The zero-order chi connectivity index (χ0) is 18.8. The van der Waals surface area contributed by atoms with E-state index >= 15 is 0 Å². The highest BCUT2D eigenvalue weighted by atomic mass is 32.1. The summed E-state index contributed by atoms with van der Waals surface area (Å²) in [6, 6.07) is 9.74. The molecule has 1 aliphatic rings. The van der Waals surface area contributed by atoms with Gasteiger partial charge >= 0.3 is 0 Å². The largest absolute Gasteiger partial charge is 0.497 e. The number of aromatic nitrogens is 2. The fraction of sp³-hybridized carbons (Fsp3) is 0.300. The van der Waals surface area contributed by atoms with E-state index in [2.05, 4.69) is 9.88 Å². The Labute approximate surface area is 161 Å². The lowest BCUT2D eigenvalue weighted by Gasteiger charge is -2.28. The van der Waals surface area contributed by atoms with Crippen LogP contribution in [0.3, 0.4) is 0 Å². The lowest BCUT2D eigenvalue weighted by Crippen LogP contribution is -2.35. The molecule has 4 rings (SSSR count). The van der Waals surface area contributed by atoms with Crippen molar-refractivity contribution in [2.45, 2.75) is 19.5 Å². The maximum atomic E-state index is 12.5. The van der Waals surface area contributed by atoms with Gasteiger partial charge in [0.1, 0.15) is 11.5 Å². The second-order valence-electron chi connectivity index (χ2n) is 6.46. The van der Waals surface area contributed by atoms with Crippen LogP contribution in [0, 0.1) is 0 Å². The standard InChI is InChI=1S/C20H21N3O3S/c1-25-14-5-6-17(26-2)13(10-14)11-23-8-7-15-16(12-23)21-19(22-20(15)24)18-4-3-9-27-18/h3-6,9-10H,7-8,11-12H2,1-2H3,(H,21,22,24). The number of nitrogens with zero attached hydrogens (tertiary/aromatic N) is 2. The number of hydrogen-bond acceptors (Lipinski definition) is 6. The molecular formula is C20H21N3O3S. The number of thiophene rings is 1.